The number of halogens is 1. The number of nitrogens with one attached hydrogen (secondary N) is 1. The number of ether oxygens (including phenoxy) is 2. The number of phenols is 1. The number of hydrazone groups is 1. The van der Waals surface area contributed by atoms with E-state index in [1.807, 2.05) is 24.3 Å². The fourth-order valence-electron chi connectivity index (χ4n) is 2.27. The normalized spacial score (nSPS) is 11.0. The number of hydrogen-bond donors (Lipinski definition) is 2. The van der Waals surface area contributed by atoms with E-state index in [4.69, 9.17) is 9.47 Å². The molecule has 0 saturated heterocycles. The van der Waals surface area contributed by atoms with Crippen molar-refractivity contribution in [1.29, 1.82) is 0 Å². The van der Waals surface area contributed by atoms with Crippen molar-refractivity contribution in [2.45, 2.75) is 19.8 Å². The first-order valence-corrected chi connectivity index (χ1v) is 8.81. The van der Waals surface area contributed by atoms with Gasteiger partial charge >= 0.3 is 0 Å². The predicted molar refractivity (Wildman–Crippen MR) is 104 cm³/mol. The number of hydrogen-bond acceptors (Lipinski definition) is 5. The summed E-state index contributed by atoms with van der Waals surface area (Å²) in [6, 6.07) is 10.9. The van der Waals surface area contributed by atoms with Crippen LogP contribution in [-0.2, 0) is 4.79 Å². The molecule has 0 aliphatic carbocycles. The maximum absolute atomic E-state index is 11.9. The fourth-order valence-corrected chi connectivity index (χ4v) is 2.73. The average Bonchev–Trinajstić information content (AvgIpc) is 2.62. The number of nitrogens with zero attached hydrogens (tertiary/aromatic N) is 1. The molecule has 2 N–H and O–H groups in total. The van der Waals surface area contributed by atoms with Gasteiger partial charge in [0, 0.05) is 0 Å². The van der Waals surface area contributed by atoms with Gasteiger partial charge in [0.15, 0.2) is 18.1 Å². The van der Waals surface area contributed by atoms with Crippen molar-refractivity contribution in [3.8, 4) is 17.2 Å². The van der Waals surface area contributed by atoms with Gasteiger partial charge in [0.25, 0.3) is 5.91 Å². The zero-order chi connectivity index (χ0) is 19.1. The Labute approximate surface area is 161 Å². The summed E-state index contributed by atoms with van der Waals surface area (Å²) in [5.41, 5.74) is 4.11. The highest BCUT2D eigenvalue weighted by Crippen LogP contribution is 2.34. The van der Waals surface area contributed by atoms with Crippen molar-refractivity contribution in [2.75, 3.05) is 13.7 Å². The summed E-state index contributed by atoms with van der Waals surface area (Å²) in [5.74, 6) is 0.931. The minimum Gasteiger partial charge on any atom is -0.503 e. The van der Waals surface area contributed by atoms with E-state index in [-0.39, 0.29) is 18.3 Å². The van der Waals surface area contributed by atoms with Crippen LogP contribution in [0.4, 0.5) is 0 Å². The van der Waals surface area contributed by atoms with Crippen LogP contribution < -0.4 is 14.9 Å². The molecule has 1 amide bonds. The molecule has 0 heterocycles. The lowest BCUT2D eigenvalue weighted by molar-refractivity contribution is -0.123. The summed E-state index contributed by atoms with van der Waals surface area (Å²) >= 11 is 3.23. The zero-order valence-corrected chi connectivity index (χ0v) is 16.4. The highest BCUT2D eigenvalue weighted by molar-refractivity contribution is 9.10. The van der Waals surface area contributed by atoms with Gasteiger partial charge < -0.3 is 14.6 Å². The summed E-state index contributed by atoms with van der Waals surface area (Å²) in [7, 11) is 1.45. The Morgan fingerprint density at radius 2 is 2.04 bits per heavy atom. The van der Waals surface area contributed by atoms with Gasteiger partial charge in [0.05, 0.1) is 17.8 Å². The average molecular weight is 421 g/mol. The molecule has 2 rings (SSSR count). The smallest absolute Gasteiger partial charge is 0.277 e. The Morgan fingerprint density at radius 1 is 1.31 bits per heavy atom. The Bertz CT molecular complexity index is 806. The third-order valence-corrected chi connectivity index (χ3v) is 4.18. The van der Waals surface area contributed by atoms with Crippen molar-refractivity contribution in [3.63, 3.8) is 0 Å². The molecule has 0 unspecified atom stereocenters. The van der Waals surface area contributed by atoms with Crippen LogP contribution in [0.15, 0.2) is 46.0 Å². The number of carbonyl (C=O) groups excluding carboxylic acids is 1. The number of phenolic OH excluding ortho intramolecular Hbond substituents is 1. The molecular formula is C19H21BrN2O4. The Kier molecular flexibility index (Phi) is 7.03. The molecule has 2 aromatic carbocycles. The lowest BCUT2D eigenvalue weighted by Crippen LogP contribution is -2.24. The summed E-state index contributed by atoms with van der Waals surface area (Å²) in [6.45, 7) is 4.00. The van der Waals surface area contributed by atoms with E-state index in [2.05, 4.69) is 40.3 Å². The van der Waals surface area contributed by atoms with E-state index >= 15 is 0 Å². The van der Waals surface area contributed by atoms with E-state index in [1.165, 1.54) is 13.3 Å². The molecule has 0 aromatic heterocycles. The van der Waals surface area contributed by atoms with Crippen LogP contribution >= 0.6 is 15.9 Å². The molecule has 0 saturated carbocycles. The van der Waals surface area contributed by atoms with Crippen LogP contribution in [0.3, 0.4) is 0 Å². The number of para-hydroxylation sites is 1. The lowest BCUT2D eigenvalue weighted by Gasteiger charge is -2.13. The molecule has 6 nitrogen and oxygen atoms in total. The maximum atomic E-state index is 11.9. The largest absolute Gasteiger partial charge is 0.503 e. The number of methoxy groups -OCH3 is 1. The van der Waals surface area contributed by atoms with Crippen molar-refractivity contribution in [1.82, 2.24) is 5.43 Å². The molecule has 26 heavy (non-hydrogen) atoms. The second-order valence-electron chi connectivity index (χ2n) is 5.83. The van der Waals surface area contributed by atoms with E-state index in [9.17, 15) is 9.90 Å². The molecule has 138 valence electrons. The van der Waals surface area contributed by atoms with Crippen LogP contribution in [0.2, 0.25) is 0 Å². The molecule has 0 spiro atoms. The minimum absolute atomic E-state index is 0.00547. The van der Waals surface area contributed by atoms with Crippen molar-refractivity contribution < 1.29 is 19.4 Å². The second kappa shape index (κ2) is 9.24. The SMILES string of the molecule is COc1cc(/C=N/NC(=O)COc2ccccc2C(C)C)cc(Br)c1O. The van der Waals surface area contributed by atoms with Gasteiger partial charge in [0.2, 0.25) is 0 Å². The lowest BCUT2D eigenvalue weighted by atomic mass is 10.0. The molecule has 0 radical (unpaired) electrons. The van der Waals surface area contributed by atoms with Crippen LogP contribution in [0.25, 0.3) is 0 Å². The minimum atomic E-state index is -0.371. The van der Waals surface area contributed by atoms with Gasteiger partial charge in [-0.05, 0) is 51.2 Å². The number of carbonyl (C=O) groups is 1. The van der Waals surface area contributed by atoms with Gasteiger partial charge in [-0.25, -0.2) is 5.43 Å². The highest BCUT2D eigenvalue weighted by atomic mass is 79.9. The second-order valence-corrected chi connectivity index (χ2v) is 6.68. The molecule has 7 heteroatoms. The quantitative estimate of drug-likeness (QED) is 0.526. The van der Waals surface area contributed by atoms with Gasteiger partial charge in [-0.1, -0.05) is 32.0 Å². The van der Waals surface area contributed by atoms with Gasteiger partial charge in [-0.3, -0.25) is 4.79 Å². The van der Waals surface area contributed by atoms with Gasteiger partial charge in [-0.2, -0.15) is 5.10 Å². The molecule has 0 fully saturated rings. The van der Waals surface area contributed by atoms with E-state index in [0.717, 1.165) is 5.56 Å². The molecule has 0 aliphatic rings. The van der Waals surface area contributed by atoms with E-state index < -0.39 is 0 Å². The Balaban J connectivity index is 1.93. The topological polar surface area (TPSA) is 80.2 Å². The number of rotatable bonds is 7. The predicted octanol–water partition coefficient (Wildman–Crippen LogP) is 3.82. The standard InChI is InChI=1S/C19H21BrN2O4/c1-12(2)14-6-4-5-7-16(14)26-11-18(23)22-21-10-13-8-15(20)19(24)17(9-13)25-3/h4-10,12,24H,11H2,1-3H3,(H,22,23)/b21-10+. The zero-order valence-electron chi connectivity index (χ0n) is 14.8. The molecule has 0 atom stereocenters. The van der Waals surface area contributed by atoms with Crippen molar-refractivity contribution in [3.05, 3.63) is 52.0 Å². The third-order valence-electron chi connectivity index (χ3n) is 3.57. The first kappa shape index (κ1) is 19.8. The Morgan fingerprint density at radius 3 is 2.73 bits per heavy atom. The number of amides is 1. The van der Waals surface area contributed by atoms with Crippen LogP contribution in [0, 0.1) is 0 Å². The molecular weight excluding hydrogens is 400 g/mol. The number of benzene rings is 2. The third kappa shape index (κ3) is 5.23. The fraction of sp³-hybridized carbons (Fsp3) is 0.263. The molecule has 2 aromatic rings. The molecule has 0 bridgehead atoms. The first-order valence-electron chi connectivity index (χ1n) is 8.02. The first-order chi connectivity index (χ1) is 12.4. The summed E-state index contributed by atoms with van der Waals surface area (Å²) in [6.07, 6.45) is 1.45. The van der Waals surface area contributed by atoms with Gasteiger partial charge in [-0.15, -0.1) is 0 Å². The van der Waals surface area contributed by atoms with E-state index in [1.54, 1.807) is 12.1 Å². The highest BCUT2D eigenvalue weighted by Gasteiger charge is 2.09. The van der Waals surface area contributed by atoms with Crippen LogP contribution in [0.1, 0.15) is 30.9 Å². The van der Waals surface area contributed by atoms with Crippen molar-refractivity contribution in [2.24, 2.45) is 5.10 Å². The monoisotopic (exact) mass is 420 g/mol. The van der Waals surface area contributed by atoms with Crippen LogP contribution in [-0.4, -0.2) is 30.9 Å². The number of aromatic hydroxyl groups is 1. The summed E-state index contributed by atoms with van der Waals surface area (Å²) < 4.78 is 11.1. The summed E-state index contributed by atoms with van der Waals surface area (Å²) in [5, 5.41) is 13.7. The Hall–Kier alpha value is -2.54. The van der Waals surface area contributed by atoms with Crippen LogP contribution in [0.5, 0.6) is 17.2 Å². The maximum Gasteiger partial charge on any atom is 0.277 e. The summed E-state index contributed by atoms with van der Waals surface area (Å²) in [4.78, 5) is 11.9. The molecule has 0 aliphatic heterocycles. The van der Waals surface area contributed by atoms with Gasteiger partial charge in [0.1, 0.15) is 5.75 Å². The van der Waals surface area contributed by atoms with E-state index in [0.29, 0.717) is 27.5 Å². The van der Waals surface area contributed by atoms with Crippen molar-refractivity contribution >= 4 is 28.1 Å².